The lowest BCUT2D eigenvalue weighted by atomic mass is 10.6. The Morgan fingerprint density at radius 2 is 1.69 bits per heavy atom. The molecular weight excluding hydrogens is 193 g/mol. The van der Waals surface area contributed by atoms with Crippen LogP contribution in [-0.2, 0) is 19.1 Å². The fraction of sp³-hybridized carbons (Fsp3) is 0.333. The second-order valence-electron chi connectivity index (χ2n) is 1.73. The van der Waals surface area contributed by atoms with Gasteiger partial charge in [-0.15, -0.1) is 0 Å². The van der Waals surface area contributed by atoms with Gasteiger partial charge in [0.05, 0.1) is 7.11 Å². The fourth-order valence-electron chi connectivity index (χ4n) is 0.326. The molecule has 0 spiro atoms. The number of carbonyl (C=O) groups excluding carboxylic acids is 2. The molecule has 0 aromatic carbocycles. The van der Waals surface area contributed by atoms with Gasteiger partial charge in [-0.05, 0) is 0 Å². The molecule has 0 saturated heterocycles. The summed E-state index contributed by atoms with van der Waals surface area (Å²) in [6, 6.07) is 0. The highest BCUT2D eigenvalue weighted by molar-refractivity contribution is 6.29. The molecule has 4 nitrogen and oxygen atoms in total. The first-order chi connectivity index (χ1) is 5.99. The fourth-order valence-corrected chi connectivity index (χ4v) is 0.326. The molecule has 0 atom stereocenters. The van der Waals surface area contributed by atoms with Crippen molar-refractivity contribution >= 4 is 11.9 Å². The molecule has 0 fully saturated rings. The smallest absolute Gasteiger partial charge is 0.417 e. The maximum Gasteiger partial charge on any atom is 0.417 e. The minimum Gasteiger partial charge on any atom is -0.461 e. The van der Waals surface area contributed by atoms with E-state index in [-0.39, 0.29) is 0 Å². The quantitative estimate of drug-likeness (QED) is 0.486. The molecule has 0 aliphatic rings. The topological polar surface area (TPSA) is 52.6 Å². The third-order valence-electron chi connectivity index (χ3n) is 0.887. The number of esters is 2. The predicted octanol–water partition coefficient (Wildman–Crippen LogP) is 0.780. The van der Waals surface area contributed by atoms with E-state index in [1.54, 1.807) is 0 Å². The molecular formula is C6H5F3O4. The Hall–Kier alpha value is -1.53. The number of methoxy groups -OCH3 is 1. The van der Waals surface area contributed by atoms with Crippen molar-refractivity contribution in [2.45, 2.75) is 0 Å². The predicted molar refractivity (Wildman–Crippen MR) is 33.3 cm³/mol. The summed E-state index contributed by atoms with van der Waals surface area (Å²) in [5.74, 6) is -4.82. The van der Waals surface area contributed by atoms with Crippen LogP contribution in [0.5, 0.6) is 0 Å². The van der Waals surface area contributed by atoms with Crippen molar-refractivity contribution in [2.24, 2.45) is 0 Å². The lowest BCUT2D eigenvalue weighted by molar-refractivity contribution is -0.165. The molecule has 0 aromatic rings. The van der Waals surface area contributed by atoms with E-state index in [9.17, 15) is 22.8 Å². The zero-order chi connectivity index (χ0) is 10.4. The Morgan fingerprint density at radius 1 is 1.15 bits per heavy atom. The van der Waals surface area contributed by atoms with Gasteiger partial charge in [0, 0.05) is 0 Å². The zero-order valence-corrected chi connectivity index (χ0v) is 6.47. The van der Waals surface area contributed by atoms with Crippen LogP contribution in [0.4, 0.5) is 13.2 Å². The highest BCUT2D eigenvalue weighted by Gasteiger charge is 2.17. The summed E-state index contributed by atoms with van der Waals surface area (Å²) in [5, 5.41) is 0. The molecule has 0 N–H and O–H groups in total. The average Bonchev–Trinajstić information content (AvgIpc) is 2.11. The lowest BCUT2D eigenvalue weighted by Crippen LogP contribution is -2.19. The largest absolute Gasteiger partial charge is 0.461 e. The Kier molecular flexibility index (Phi) is 4.57. The highest BCUT2D eigenvalue weighted by atomic mass is 19.3. The summed E-state index contributed by atoms with van der Waals surface area (Å²) in [6.45, 7) is -1.28. The molecule has 0 aliphatic heterocycles. The molecule has 0 aliphatic carbocycles. The maximum absolute atomic E-state index is 12.0. The second kappa shape index (κ2) is 5.18. The van der Waals surface area contributed by atoms with Gasteiger partial charge in [0.1, 0.15) is 6.61 Å². The third kappa shape index (κ3) is 4.14. The molecule has 0 rings (SSSR count). The van der Waals surface area contributed by atoms with E-state index < -0.39 is 30.5 Å². The van der Waals surface area contributed by atoms with E-state index in [4.69, 9.17) is 0 Å². The van der Waals surface area contributed by atoms with E-state index in [0.717, 1.165) is 7.11 Å². The molecule has 0 amide bonds. The summed E-state index contributed by atoms with van der Waals surface area (Å²) in [7, 11) is 0.894. The summed E-state index contributed by atoms with van der Waals surface area (Å²) in [5.41, 5.74) is 0. The summed E-state index contributed by atoms with van der Waals surface area (Å²) in [6.07, 6.45) is -2.60. The molecule has 13 heavy (non-hydrogen) atoms. The van der Waals surface area contributed by atoms with Crippen molar-refractivity contribution < 1.29 is 32.2 Å². The summed E-state index contributed by atoms with van der Waals surface area (Å²) >= 11 is 0. The van der Waals surface area contributed by atoms with Crippen LogP contribution in [0.15, 0.2) is 11.9 Å². The maximum atomic E-state index is 12.0. The van der Waals surface area contributed by atoms with Gasteiger partial charge in [0.25, 0.3) is 0 Å². The molecule has 0 heterocycles. The van der Waals surface area contributed by atoms with Crippen LogP contribution in [0.2, 0.25) is 0 Å². The van der Waals surface area contributed by atoms with Crippen LogP contribution < -0.4 is 0 Å². The van der Waals surface area contributed by atoms with Gasteiger partial charge in [-0.3, -0.25) is 0 Å². The Balaban J connectivity index is 3.98. The normalized spacial score (nSPS) is 8.92. The van der Waals surface area contributed by atoms with E-state index in [1.165, 1.54) is 0 Å². The number of ether oxygens (including phenoxy) is 2. The summed E-state index contributed by atoms with van der Waals surface area (Å²) in [4.78, 5) is 20.6. The second-order valence-corrected chi connectivity index (χ2v) is 1.73. The molecule has 0 saturated carbocycles. The van der Waals surface area contributed by atoms with Crippen LogP contribution in [0.3, 0.4) is 0 Å². The lowest BCUT2D eigenvalue weighted by Gasteiger charge is -1.99. The molecule has 74 valence electrons. The van der Waals surface area contributed by atoms with E-state index >= 15 is 0 Å². The molecule has 0 unspecified atom stereocenters. The van der Waals surface area contributed by atoms with Gasteiger partial charge in [-0.2, -0.15) is 8.78 Å². The number of hydrogen-bond acceptors (Lipinski definition) is 4. The first-order valence-corrected chi connectivity index (χ1v) is 2.93. The Labute approximate surface area is 70.9 Å². The third-order valence-corrected chi connectivity index (χ3v) is 0.887. The highest BCUT2D eigenvalue weighted by Crippen LogP contribution is 2.08. The first-order valence-electron chi connectivity index (χ1n) is 2.93. The molecule has 0 bridgehead atoms. The number of rotatable bonds is 2. The van der Waals surface area contributed by atoms with Gasteiger partial charge in [-0.25, -0.2) is 14.0 Å². The van der Waals surface area contributed by atoms with E-state index in [1.807, 2.05) is 0 Å². The number of hydrogen-bond donors (Lipinski definition) is 0. The van der Waals surface area contributed by atoms with Crippen molar-refractivity contribution in [3.63, 3.8) is 0 Å². The SMILES string of the molecule is COC(=O)C(=O)OCC(F)=C(F)F. The van der Waals surface area contributed by atoms with Gasteiger partial charge in [-0.1, -0.05) is 0 Å². The van der Waals surface area contributed by atoms with Crippen LogP contribution >= 0.6 is 0 Å². The van der Waals surface area contributed by atoms with Crippen molar-refractivity contribution in [1.82, 2.24) is 0 Å². The van der Waals surface area contributed by atoms with Crippen molar-refractivity contribution in [1.29, 1.82) is 0 Å². The standard InChI is InChI=1S/C6H5F3O4/c1-12-5(10)6(11)13-2-3(7)4(8)9/h2H2,1H3. The van der Waals surface area contributed by atoms with Crippen molar-refractivity contribution in [3.8, 4) is 0 Å². The van der Waals surface area contributed by atoms with Crippen LogP contribution in [-0.4, -0.2) is 25.7 Å². The Bertz CT molecular complexity index is 244. The van der Waals surface area contributed by atoms with Gasteiger partial charge in [0.2, 0.25) is 5.83 Å². The Morgan fingerprint density at radius 3 is 2.08 bits per heavy atom. The molecule has 0 aromatic heterocycles. The monoisotopic (exact) mass is 198 g/mol. The van der Waals surface area contributed by atoms with Crippen molar-refractivity contribution in [3.05, 3.63) is 11.9 Å². The number of halogens is 3. The van der Waals surface area contributed by atoms with Crippen LogP contribution in [0, 0.1) is 0 Å². The minimum atomic E-state index is -2.60. The van der Waals surface area contributed by atoms with Gasteiger partial charge >= 0.3 is 18.0 Å². The molecule has 0 radical (unpaired) electrons. The zero-order valence-electron chi connectivity index (χ0n) is 6.47. The van der Waals surface area contributed by atoms with Gasteiger partial charge in [0.15, 0.2) is 0 Å². The summed E-state index contributed by atoms with van der Waals surface area (Å²) < 4.78 is 42.3. The van der Waals surface area contributed by atoms with E-state index in [0.29, 0.717) is 0 Å². The molecule has 7 heteroatoms. The van der Waals surface area contributed by atoms with E-state index in [2.05, 4.69) is 9.47 Å². The average molecular weight is 198 g/mol. The van der Waals surface area contributed by atoms with Crippen molar-refractivity contribution in [2.75, 3.05) is 13.7 Å². The van der Waals surface area contributed by atoms with Crippen LogP contribution in [0.1, 0.15) is 0 Å². The first kappa shape index (κ1) is 11.5. The number of carbonyl (C=O) groups is 2. The minimum absolute atomic E-state index is 0.894. The van der Waals surface area contributed by atoms with Gasteiger partial charge < -0.3 is 9.47 Å². The van der Waals surface area contributed by atoms with Crippen LogP contribution in [0.25, 0.3) is 0 Å².